The minimum Gasteiger partial charge on any atom is -0.325 e. The Bertz CT molecular complexity index is 1050. The first-order chi connectivity index (χ1) is 13.9. The zero-order valence-corrected chi connectivity index (χ0v) is 17.7. The van der Waals surface area contributed by atoms with Crippen molar-refractivity contribution in [3.63, 3.8) is 0 Å². The molecule has 0 saturated heterocycles. The van der Waals surface area contributed by atoms with Crippen molar-refractivity contribution in [2.24, 2.45) is 0 Å². The molecule has 2 N–H and O–H groups in total. The molecule has 0 aliphatic rings. The van der Waals surface area contributed by atoms with Crippen molar-refractivity contribution in [2.75, 3.05) is 16.4 Å². The maximum atomic E-state index is 12.4. The van der Waals surface area contributed by atoms with Crippen molar-refractivity contribution in [3.8, 4) is 0 Å². The van der Waals surface area contributed by atoms with E-state index in [-0.39, 0.29) is 17.6 Å². The first kappa shape index (κ1) is 21.0. The van der Waals surface area contributed by atoms with Crippen LogP contribution in [0.5, 0.6) is 0 Å². The summed E-state index contributed by atoms with van der Waals surface area (Å²) in [6.07, 6.45) is 0. The summed E-state index contributed by atoms with van der Waals surface area (Å²) in [5.74, 6) is -0.0293. The Morgan fingerprint density at radius 1 is 0.931 bits per heavy atom. The van der Waals surface area contributed by atoms with Crippen LogP contribution >= 0.6 is 23.4 Å². The molecular weight excluding hydrogens is 404 g/mol. The van der Waals surface area contributed by atoms with Gasteiger partial charge in [-0.3, -0.25) is 9.59 Å². The molecule has 0 atom stereocenters. The Hall–Kier alpha value is -2.76. The van der Waals surface area contributed by atoms with Crippen molar-refractivity contribution < 1.29 is 9.59 Å². The van der Waals surface area contributed by atoms with E-state index in [1.165, 1.54) is 11.8 Å². The maximum Gasteiger partial charge on any atom is 0.255 e. The van der Waals surface area contributed by atoms with Crippen LogP contribution in [0.2, 0.25) is 5.02 Å². The van der Waals surface area contributed by atoms with Crippen LogP contribution in [0, 0.1) is 13.8 Å². The van der Waals surface area contributed by atoms with Gasteiger partial charge in [-0.15, -0.1) is 11.8 Å². The van der Waals surface area contributed by atoms with Gasteiger partial charge in [0.1, 0.15) is 0 Å². The summed E-state index contributed by atoms with van der Waals surface area (Å²) in [5, 5.41) is 6.32. The highest BCUT2D eigenvalue weighted by Crippen LogP contribution is 2.23. The lowest BCUT2D eigenvalue weighted by molar-refractivity contribution is -0.113. The maximum absolute atomic E-state index is 12.4. The molecule has 0 spiro atoms. The van der Waals surface area contributed by atoms with Gasteiger partial charge in [0.2, 0.25) is 5.91 Å². The highest BCUT2D eigenvalue weighted by molar-refractivity contribution is 8.00. The lowest BCUT2D eigenvalue weighted by Crippen LogP contribution is -2.15. The lowest BCUT2D eigenvalue weighted by atomic mass is 10.1. The van der Waals surface area contributed by atoms with Gasteiger partial charge >= 0.3 is 0 Å². The molecule has 0 aromatic heterocycles. The third kappa shape index (κ3) is 6.11. The Morgan fingerprint density at radius 2 is 1.72 bits per heavy atom. The number of rotatable bonds is 6. The van der Waals surface area contributed by atoms with Gasteiger partial charge < -0.3 is 10.6 Å². The second-order valence-electron chi connectivity index (χ2n) is 6.65. The summed E-state index contributed by atoms with van der Waals surface area (Å²) < 4.78 is 0. The number of hydrogen-bond donors (Lipinski definition) is 2. The number of halogens is 1. The SMILES string of the molecule is Cc1ccc(C)c(NC(=O)CSc2cccc(NC(=O)c3cccc(Cl)c3)c2)c1. The molecule has 0 aliphatic heterocycles. The van der Waals surface area contributed by atoms with Crippen LogP contribution in [0.1, 0.15) is 21.5 Å². The summed E-state index contributed by atoms with van der Waals surface area (Å²) in [6.45, 7) is 3.96. The predicted octanol–water partition coefficient (Wildman–Crippen LogP) is 5.94. The summed E-state index contributed by atoms with van der Waals surface area (Å²) in [7, 11) is 0. The van der Waals surface area contributed by atoms with E-state index in [0.717, 1.165) is 21.7 Å². The summed E-state index contributed by atoms with van der Waals surface area (Å²) in [6, 6.07) is 20.2. The molecule has 3 aromatic rings. The number of aryl methyl sites for hydroxylation is 2. The largest absolute Gasteiger partial charge is 0.325 e. The quantitative estimate of drug-likeness (QED) is 0.481. The van der Waals surface area contributed by atoms with Crippen molar-refractivity contribution >= 4 is 46.6 Å². The van der Waals surface area contributed by atoms with Crippen LogP contribution in [0.3, 0.4) is 0 Å². The molecule has 3 aromatic carbocycles. The third-order valence-electron chi connectivity index (χ3n) is 4.22. The standard InChI is InChI=1S/C23H21ClN2O2S/c1-15-9-10-16(2)21(11-15)26-22(27)14-29-20-8-4-7-19(13-20)25-23(28)17-5-3-6-18(24)12-17/h3-13H,14H2,1-2H3,(H,25,28)(H,26,27). The highest BCUT2D eigenvalue weighted by atomic mass is 35.5. The van der Waals surface area contributed by atoms with E-state index in [0.29, 0.717) is 16.3 Å². The normalized spacial score (nSPS) is 10.4. The van der Waals surface area contributed by atoms with Crippen LogP contribution in [-0.4, -0.2) is 17.6 Å². The second kappa shape index (κ2) is 9.63. The van der Waals surface area contributed by atoms with Crippen molar-refractivity contribution in [1.82, 2.24) is 0 Å². The topological polar surface area (TPSA) is 58.2 Å². The molecule has 0 fully saturated rings. The van der Waals surface area contributed by atoms with Gasteiger partial charge in [-0.2, -0.15) is 0 Å². The van der Waals surface area contributed by atoms with Gasteiger partial charge in [0, 0.05) is 26.9 Å². The fourth-order valence-corrected chi connectivity index (χ4v) is 3.65. The van der Waals surface area contributed by atoms with E-state index in [4.69, 9.17) is 11.6 Å². The number of anilines is 2. The molecule has 29 heavy (non-hydrogen) atoms. The third-order valence-corrected chi connectivity index (χ3v) is 5.44. The van der Waals surface area contributed by atoms with E-state index >= 15 is 0 Å². The molecule has 6 heteroatoms. The van der Waals surface area contributed by atoms with E-state index in [1.54, 1.807) is 24.3 Å². The monoisotopic (exact) mass is 424 g/mol. The van der Waals surface area contributed by atoms with Crippen molar-refractivity contribution in [1.29, 1.82) is 0 Å². The van der Waals surface area contributed by atoms with Gasteiger partial charge in [-0.25, -0.2) is 0 Å². The minimum atomic E-state index is -0.234. The number of thioether (sulfide) groups is 1. The molecule has 0 unspecified atom stereocenters. The zero-order chi connectivity index (χ0) is 20.8. The Labute approximate surface area is 179 Å². The molecule has 148 valence electrons. The average molecular weight is 425 g/mol. The number of amides is 2. The zero-order valence-electron chi connectivity index (χ0n) is 16.2. The molecule has 0 aliphatic carbocycles. The van der Waals surface area contributed by atoms with E-state index in [1.807, 2.05) is 56.3 Å². The fraction of sp³-hybridized carbons (Fsp3) is 0.130. The molecule has 0 saturated carbocycles. The van der Waals surface area contributed by atoms with Gasteiger partial charge in [0.25, 0.3) is 5.91 Å². The average Bonchev–Trinajstić information content (AvgIpc) is 2.69. The van der Waals surface area contributed by atoms with Crippen molar-refractivity contribution in [3.05, 3.63) is 88.4 Å². The smallest absolute Gasteiger partial charge is 0.255 e. The van der Waals surface area contributed by atoms with Crippen LogP contribution < -0.4 is 10.6 Å². The van der Waals surface area contributed by atoms with Crippen LogP contribution in [0.15, 0.2) is 71.6 Å². The summed E-state index contributed by atoms with van der Waals surface area (Å²) in [5.41, 5.74) is 4.11. The molecule has 3 rings (SSSR count). The van der Waals surface area contributed by atoms with Gasteiger partial charge in [-0.1, -0.05) is 35.9 Å². The number of nitrogens with one attached hydrogen (secondary N) is 2. The minimum absolute atomic E-state index is 0.0722. The molecule has 0 heterocycles. The van der Waals surface area contributed by atoms with E-state index in [9.17, 15) is 9.59 Å². The molecular formula is C23H21ClN2O2S. The Balaban J connectivity index is 1.59. The van der Waals surface area contributed by atoms with E-state index < -0.39 is 0 Å². The predicted molar refractivity (Wildman–Crippen MR) is 121 cm³/mol. The summed E-state index contributed by atoms with van der Waals surface area (Å²) >= 11 is 7.36. The van der Waals surface area contributed by atoms with E-state index in [2.05, 4.69) is 10.6 Å². The number of carbonyl (C=O) groups excluding carboxylic acids is 2. The Morgan fingerprint density at radius 3 is 2.52 bits per heavy atom. The second-order valence-corrected chi connectivity index (χ2v) is 8.13. The lowest BCUT2D eigenvalue weighted by Gasteiger charge is -2.10. The molecule has 4 nitrogen and oxygen atoms in total. The van der Waals surface area contributed by atoms with Gasteiger partial charge in [0.15, 0.2) is 0 Å². The van der Waals surface area contributed by atoms with Gasteiger partial charge in [0.05, 0.1) is 5.75 Å². The Kier molecular flexibility index (Phi) is 6.96. The first-order valence-electron chi connectivity index (χ1n) is 9.07. The van der Waals surface area contributed by atoms with Gasteiger partial charge in [-0.05, 0) is 67.4 Å². The highest BCUT2D eigenvalue weighted by Gasteiger charge is 2.09. The van der Waals surface area contributed by atoms with Crippen molar-refractivity contribution in [2.45, 2.75) is 18.7 Å². The van der Waals surface area contributed by atoms with Crippen LogP contribution in [-0.2, 0) is 4.79 Å². The number of benzene rings is 3. The first-order valence-corrected chi connectivity index (χ1v) is 10.4. The fourth-order valence-electron chi connectivity index (χ4n) is 2.70. The molecule has 0 radical (unpaired) electrons. The summed E-state index contributed by atoms with van der Waals surface area (Å²) in [4.78, 5) is 25.6. The molecule has 0 bridgehead atoms. The number of hydrogen-bond acceptors (Lipinski definition) is 3. The van der Waals surface area contributed by atoms with Crippen LogP contribution in [0.25, 0.3) is 0 Å². The van der Waals surface area contributed by atoms with Crippen LogP contribution in [0.4, 0.5) is 11.4 Å². The molecule has 2 amide bonds. The number of carbonyl (C=O) groups is 2.